The molecule has 0 atom stereocenters. The lowest BCUT2D eigenvalue weighted by Gasteiger charge is -2.33. The van der Waals surface area contributed by atoms with Gasteiger partial charge in [-0.15, -0.1) is 0 Å². The summed E-state index contributed by atoms with van der Waals surface area (Å²) in [5.41, 5.74) is 2.69. The van der Waals surface area contributed by atoms with Gasteiger partial charge in [0.15, 0.2) is 0 Å². The van der Waals surface area contributed by atoms with E-state index >= 15 is 0 Å². The van der Waals surface area contributed by atoms with Crippen LogP contribution in [-0.4, -0.2) is 44.7 Å². The van der Waals surface area contributed by atoms with Gasteiger partial charge in [-0.25, -0.2) is 0 Å². The monoisotopic (exact) mass is 289 g/mol. The van der Waals surface area contributed by atoms with Crippen LogP contribution in [-0.2, 0) is 6.54 Å². The predicted octanol–water partition coefficient (Wildman–Crippen LogP) is 2.96. The molecule has 3 nitrogen and oxygen atoms in total. The van der Waals surface area contributed by atoms with Crippen molar-refractivity contribution in [1.29, 1.82) is 0 Å². The molecule has 1 aromatic carbocycles. The third kappa shape index (κ3) is 5.01. The van der Waals surface area contributed by atoms with Crippen LogP contribution < -0.4 is 10.2 Å². The van der Waals surface area contributed by atoms with E-state index < -0.39 is 0 Å². The van der Waals surface area contributed by atoms with Crippen molar-refractivity contribution >= 4 is 5.69 Å². The highest BCUT2D eigenvalue weighted by molar-refractivity contribution is 5.45. The summed E-state index contributed by atoms with van der Waals surface area (Å²) in [5.74, 6) is 0.856. The standard InChI is InChI=1S/C18H31N3/c1-15(2)21(14-17-9-11-19-12-10-17)13-16-5-7-18(8-6-16)20(3)4/h5-8,15,17,19H,9-14H2,1-4H3. The molecule has 1 saturated heterocycles. The highest BCUT2D eigenvalue weighted by Gasteiger charge is 2.19. The zero-order chi connectivity index (χ0) is 15.2. The Morgan fingerprint density at radius 3 is 2.24 bits per heavy atom. The summed E-state index contributed by atoms with van der Waals surface area (Å²) in [6.45, 7) is 9.30. The van der Waals surface area contributed by atoms with E-state index in [2.05, 4.69) is 67.3 Å². The second-order valence-corrected chi connectivity index (χ2v) is 6.78. The molecule has 1 N–H and O–H groups in total. The molecule has 1 aliphatic heterocycles. The van der Waals surface area contributed by atoms with Crippen LogP contribution >= 0.6 is 0 Å². The van der Waals surface area contributed by atoms with Crippen molar-refractivity contribution < 1.29 is 0 Å². The first-order valence-electron chi connectivity index (χ1n) is 8.27. The summed E-state index contributed by atoms with van der Waals surface area (Å²) in [4.78, 5) is 4.78. The Hall–Kier alpha value is -1.06. The van der Waals surface area contributed by atoms with Crippen molar-refractivity contribution in [3.63, 3.8) is 0 Å². The third-order valence-corrected chi connectivity index (χ3v) is 4.52. The van der Waals surface area contributed by atoms with E-state index in [0.717, 1.165) is 12.5 Å². The van der Waals surface area contributed by atoms with Crippen LogP contribution in [0.15, 0.2) is 24.3 Å². The zero-order valence-corrected chi connectivity index (χ0v) is 14.1. The Morgan fingerprint density at radius 2 is 1.71 bits per heavy atom. The molecule has 2 rings (SSSR count). The van der Waals surface area contributed by atoms with Crippen molar-refractivity contribution in [2.75, 3.05) is 38.6 Å². The Kier molecular flexibility index (Phi) is 6.07. The van der Waals surface area contributed by atoms with E-state index in [1.807, 2.05) is 0 Å². The number of anilines is 1. The minimum Gasteiger partial charge on any atom is -0.378 e. The molecule has 1 fully saturated rings. The smallest absolute Gasteiger partial charge is 0.0361 e. The number of nitrogens with one attached hydrogen (secondary N) is 1. The van der Waals surface area contributed by atoms with Gasteiger partial charge in [-0.05, 0) is 63.4 Å². The first kappa shape index (κ1) is 16.3. The summed E-state index contributed by atoms with van der Waals surface area (Å²) >= 11 is 0. The fourth-order valence-corrected chi connectivity index (χ4v) is 2.99. The molecule has 21 heavy (non-hydrogen) atoms. The van der Waals surface area contributed by atoms with Gasteiger partial charge in [0.2, 0.25) is 0 Å². The van der Waals surface area contributed by atoms with Gasteiger partial charge in [0.1, 0.15) is 0 Å². The van der Waals surface area contributed by atoms with Gasteiger partial charge in [0, 0.05) is 38.9 Å². The average molecular weight is 289 g/mol. The SMILES string of the molecule is CC(C)N(Cc1ccc(N(C)C)cc1)CC1CCNCC1. The molecular weight excluding hydrogens is 258 g/mol. The second-order valence-electron chi connectivity index (χ2n) is 6.78. The molecule has 1 heterocycles. The lowest BCUT2D eigenvalue weighted by atomic mass is 9.96. The Morgan fingerprint density at radius 1 is 1.10 bits per heavy atom. The van der Waals surface area contributed by atoms with Crippen molar-refractivity contribution in [1.82, 2.24) is 10.2 Å². The van der Waals surface area contributed by atoms with E-state index in [4.69, 9.17) is 0 Å². The fraction of sp³-hybridized carbons (Fsp3) is 0.667. The molecule has 118 valence electrons. The van der Waals surface area contributed by atoms with Crippen LogP contribution in [0.3, 0.4) is 0 Å². The number of nitrogens with zero attached hydrogens (tertiary/aromatic N) is 2. The molecule has 0 amide bonds. The quantitative estimate of drug-likeness (QED) is 0.868. The molecular formula is C18H31N3. The fourth-order valence-electron chi connectivity index (χ4n) is 2.99. The molecule has 0 aliphatic carbocycles. The summed E-state index contributed by atoms with van der Waals surface area (Å²) in [6.07, 6.45) is 2.64. The first-order chi connectivity index (χ1) is 10.1. The number of benzene rings is 1. The van der Waals surface area contributed by atoms with Gasteiger partial charge in [-0.2, -0.15) is 0 Å². The highest BCUT2D eigenvalue weighted by atomic mass is 15.1. The van der Waals surface area contributed by atoms with Crippen LogP contribution in [0, 0.1) is 5.92 Å². The topological polar surface area (TPSA) is 18.5 Å². The minimum atomic E-state index is 0.605. The first-order valence-corrected chi connectivity index (χ1v) is 8.27. The highest BCUT2D eigenvalue weighted by Crippen LogP contribution is 2.19. The largest absolute Gasteiger partial charge is 0.378 e. The maximum absolute atomic E-state index is 3.46. The van der Waals surface area contributed by atoms with Gasteiger partial charge in [0.05, 0.1) is 0 Å². The molecule has 0 unspecified atom stereocenters. The van der Waals surface area contributed by atoms with E-state index in [1.54, 1.807) is 0 Å². The summed E-state index contributed by atoms with van der Waals surface area (Å²) < 4.78 is 0. The van der Waals surface area contributed by atoms with Crippen molar-refractivity contribution in [2.45, 2.75) is 39.3 Å². The Balaban J connectivity index is 1.95. The minimum absolute atomic E-state index is 0.605. The van der Waals surface area contributed by atoms with Crippen molar-refractivity contribution in [3.8, 4) is 0 Å². The van der Waals surface area contributed by atoms with E-state index in [-0.39, 0.29) is 0 Å². The maximum Gasteiger partial charge on any atom is 0.0361 e. The van der Waals surface area contributed by atoms with Gasteiger partial charge in [0.25, 0.3) is 0 Å². The molecule has 0 radical (unpaired) electrons. The molecule has 1 aliphatic rings. The predicted molar refractivity (Wildman–Crippen MR) is 91.9 cm³/mol. The maximum atomic E-state index is 3.46. The summed E-state index contributed by atoms with van der Waals surface area (Å²) in [6, 6.07) is 9.59. The number of hydrogen-bond acceptors (Lipinski definition) is 3. The molecule has 0 saturated carbocycles. The number of piperidine rings is 1. The van der Waals surface area contributed by atoms with Gasteiger partial charge >= 0.3 is 0 Å². The molecule has 1 aromatic rings. The van der Waals surface area contributed by atoms with Crippen LogP contribution in [0.4, 0.5) is 5.69 Å². The molecule has 0 bridgehead atoms. The summed E-state index contributed by atoms with van der Waals surface area (Å²) in [7, 11) is 4.18. The normalized spacial score (nSPS) is 16.7. The van der Waals surface area contributed by atoms with Crippen LogP contribution in [0.25, 0.3) is 0 Å². The Bertz CT molecular complexity index is 405. The van der Waals surface area contributed by atoms with E-state index in [1.165, 1.54) is 43.7 Å². The number of hydrogen-bond donors (Lipinski definition) is 1. The molecule has 0 spiro atoms. The van der Waals surface area contributed by atoms with Crippen LogP contribution in [0.1, 0.15) is 32.3 Å². The lowest BCUT2D eigenvalue weighted by Crippen LogP contribution is -2.39. The zero-order valence-electron chi connectivity index (χ0n) is 14.1. The lowest BCUT2D eigenvalue weighted by molar-refractivity contribution is 0.162. The molecule has 0 aromatic heterocycles. The van der Waals surface area contributed by atoms with E-state index in [9.17, 15) is 0 Å². The summed E-state index contributed by atoms with van der Waals surface area (Å²) in [5, 5.41) is 3.46. The Labute approximate surface area is 130 Å². The van der Waals surface area contributed by atoms with Crippen LogP contribution in [0.2, 0.25) is 0 Å². The molecule has 3 heteroatoms. The second kappa shape index (κ2) is 7.81. The third-order valence-electron chi connectivity index (χ3n) is 4.52. The van der Waals surface area contributed by atoms with Gasteiger partial charge in [-0.1, -0.05) is 12.1 Å². The average Bonchev–Trinajstić information content (AvgIpc) is 2.48. The van der Waals surface area contributed by atoms with Gasteiger partial charge in [-0.3, -0.25) is 4.90 Å². The van der Waals surface area contributed by atoms with Crippen LogP contribution in [0.5, 0.6) is 0 Å². The van der Waals surface area contributed by atoms with Crippen molar-refractivity contribution in [3.05, 3.63) is 29.8 Å². The van der Waals surface area contributed by atoms with Crippen molar-refractivity contribution in [2.24, 2.45) is 5.92 Å². The van der Waals surface area contributed by atoms with E-state index in [0.29, 0.717) is 6.04 Å². The van der Waals surface area contributed by atoms with Gasteiger partial charge < -0.3 is 10.2 Å². The number of rotatable bonds is 6.